The van der Waals surface area contributed by atoms with Crippen LogP contribution < -0.4 is 10.0 Å². The van der Waals surface area contributed by atoms with Crippen LogP contribution in [0.4, 0.5) is 18.9 Å². The van der Waals surface area contributed by atoms with Crippen molar-refractivity contribution in [2.45, 2.75) is 11.1 Å². The van der Waals surface area contributed by atoms with Gasteiger partial charge in [-0.05, 0) is 35.0 Å². The maximum absolute atomic E-state index is 12.7. The van der Waals surface area contributed by atoms with E-state index in [0.29, 0.717) is 5.39 Å². The molecule has 0 aliphatic heterocycles. The first kappa shape index (κ1) is 19.7. The predicted molar refractivity (Wildman–Crippen MR) is 99.6 cm³/mol. The maximum atomic E-state index is 12.7. The molecule has 3 aromatic carbocycles. The zero-order valence-electron chi connectivity index (χ0n) is 14.3. The van der Waals surface area contributed by atoms with E-state index in [2.05, 4.69) is 4.72 Å². The minimum absolute atomic E-state index is 0.0308. The van der Waals surface area contributed by atoms with Crippen LogP contribution in [0.3, 0.4) is 0 Å². The van der Waals surface area contributed by atoms with E-state index in [1.54, 1.807) is 23.5 Å². The highest BCUT2D eigenvalue weighted by molar-refractivity contribution is 7.92. The van der Waals surface area contributed by atoms with Gasteiger partial charge in [0, 0.05) is 0 Å². The summed E-state index contributed by atoms with van der Waals surface area (Å²) in [5.41, 5.74) is -0.327. The van der Waals surface area contributed by atoms with Gasteiger partial charge >= 0.3 is 6.18 Å². The third-order valence-electron chi connectivity index (χ3n) is 3.90. The number of alkyl halides is 3. The van der Waals surface area contributed by atoms with Crippen molar-refractivity contribution >= 4 is 32.4 Å². The quantitative estimate of drug-likeness (QED) is 0.672. The number of halogens is 3. The molecule has 0 saturated heterocycles. The minimum Gasteiger partial charge on any atom is -0.343 e. The monoisotopic (exact) mass is 408 g/mol. The van der Waals surface area contributed by atoms with Gasteiger partial charge in [0.15, 0.2) is 0 Å². The van der Waals surface area contributed by atoms with Crippen molar-refractivity contribution in [1.29, 1.82) is 0 Å². The van der Waals surface area contributed by atoms with Crippen LogP contribution in [-0.4, -0.2) is 27.0 Å². The largest absolute Gasteiger partial charge is 0.405 e. The van der Waals surface area contributed by atoms with Gasteiger partial charge in [-0.25, -0.2) is 8.42 Å². The van der Waals surface area contributed by atoms with Crippen LogP contribution in [-0.2, 0) is 10.0 Å². The van der Waals surface area contributed by atoms with Gasteiger partial charge in [-0.2, -0.15) is 13.2 Å². The molecule has 3 aromatic rings. The zero-order chi connectivity index (χ0) is 20.4. The number of hydrogen-bond donors (Lipinski definition) is 2. The van der Waals surface area contributed by atoms with Gasteiger partial charge < -0.3 is 5.32 Å². The number of carbonyl (C=O) groups is 1. The molecule has 146 valence electrons. The van der Waals surface area contributed by atoms with Crippen LogP contribution in [0.2, 0.25) is 0 Å². The summed E-state index contributed by atoms with van der Waals surface area (Å²) in [5.74, 6) is -1.03. The fourth-order valence-corrected chi connectivity index (χ4v) is 3.70. The van der Waals surface area contributed by atoms with E-state index >= 15 is 0 Å². The second-order valence-electron chi connectivity index (χ2n) is 5.96. The van der Waals surface area contributed by atoms with E-state index in [1.807, 2.05) is 12.1 Å². The first-order valence-corrected chi connectivity index (χ1v) is 9.60. The Hall–Kier alpha value is -3.07. The lowest BCUT2D eigenvalue weighted by molar-refractivity contribution is -0.123. The molecule has 2 N–H and O–H groups in total. The van der Waals surface area contributed by atoms with Gasteiger partial charge in [0.2, 0.25) is 0 Å². The number of sulfonamides is 1. The SMILES string of the molecule is O=C(NCC(F)(F)F)c1ccccc1NS(=O)(=O)c1ccc2ccccc2c1. The molecule has 0 aliphatic carbocycles. The second kappa shape index (κ2) is 7.51. The number of rotatable bonds is 5. The van der Waals surface area contributed by atoms with Crippen molar-refractivity contribution in [2.24, 2.45) is 0 Å². The van der Waals surface area contributed by atoms with Crippen LogP contribution in [0.5, 0.6) is 0 Å². The Balaban J connectivity index is 1.89. The summed E-state index contributed by atoms with van der Waals surface area (Å²) in [4.78, 5) is 12.0. The molecular weight excluding hydrogens is 393 g/mol. The topological polar surface area (TPSA) is 75.3 Å². The van der Waals surface area contributed by atoms with Crippen molar-refractivity contribution in [3.63, 3.8) is 0 Å². The number of benzene rings is 3. The van der Waals surface area contributed by atoms with Crippen molar-refractivity contribution in [1.82, 2.24) is 5.32 Å². The Bertz CT molecular complexity index is 1130. The number of hydrogen-bond acceptors (Lipinski definition) is 3. The molecule has 0 heterocycles. The molecule has 0 radical (unpaired) electrons. The standard InChI is InChI=1S/C19H15F3N2O3S/c20-19(21,22)12-23-18(25)16-7-3-4-8-17(16)24-28(26,27)15-10-9-13-5-1-2-6-14(13)11-15/h1-11,24H,12H2,(H,23,25). The van der Waals surface area contributed by atoms with Gasteiger partial charge in [0.1, 0.15) is 6.54 Å². The van der Waals surface area contributed by atoms with Crippen molar-refractivity contribution in [3.05, 3.63) is 72.3 Å². The molecule has 0 unspecified atom stereocenters. The highest BCUT2D eigenvalue weighted by Crippen LogP contribution is 2.23. The molecule has 0 fully saturated rings. The Morgan fingerprint density at radius 3 is 2.25 bits per heavy atom. The smallest absolute Gasteiger partial charge is 0.343 e. The minimum atomic E-state index is -4.57. The van der Waals surface area contributed by atoms with Crippen LogP contribution in [0.1, 0.15) is 10.4 Å². The Morgan fingerprint density at radius 1 is 0.893 bits per heavy atom. The molecule has 0 aromatic heterocycles. The van der Waals surface area contributed by atoms with E-state index in [0.717, 1.165) is 5.39 Å². The number of para-hydroxylation sites is 1. The lowest BCUT2D eigenvalue weighted by atomic mass is 10.1. The molecule has 9 heteroatoms. The van der Waals surface area contributed by atoms with Gasteiger partial charge in [-0.1, -0.05) is 42.5 Å². The molecule has 28 heavy (non-hydrogen) atoms. The third kappa shape index (κ3) is 4.61. The van der Waals surface area contributed by atoms with E-state index in [4.69, 9.17) is 0 Å². The van der Waals surface area contributed by atoms with E-state index in [1.165, 1.54) is 36.4 Å². The molecular formula is C19H15F3N2O3S. The van der Waals surface area contributed by atoms with Crippen molar-refractivity contribution < 1.29 is 26.4 Å². The Labute approximate surface area is 159 Å². The predicted octanol–water partition coefficient (Wildman–Crippen LogP) is 3.93. The lowest BCUT2D eigenvalue weighted by Crippen LogP contribution is -2.34. The fraction of sp³-hybridized carbons (Fsp3) is 0.105. The highest BCUT2D eigenvalue weighted by Gasteiger charge is 2.28. The summed E-state index contributed by atoms with van der Waals surface area (Å²) in [7, 11) is -4.06. The van der Waals surface area contributed by atoms with Crippen LogP contribution in [0, 0.1) is 0 Å². The molecule has 5 nitrogen and oxygen atoms in total. The fourth-order valence-electron chi connectivity index (χ4n) is 2.58. The second-order valence-corrected chi connectivity index (χ2v) is 7.64. The third-order valence-corrected chi connectivity index (χ3v) is 5.26. The number of nitrogens with one attached hydrogen (secondary N) is 2. The number of carbonyl (C=O) groups excluding carboxylic acids is 1. The van der Waals surface area contributed by atoms with Crippen LogP contribution in [0.25, 0.3) is 10.8 Å². The van der Waals surface area contributed by atoms with E-state index in [-0.39, 0.29) is 16.1 Å². The number of anilines is 1. The summed E-state index contributed by atoms with van der Waals surface area (Å²) >= 11 is 0. The molecule has 3 rings (SSSR count). The normalized spacial score (nSPS) is 12.0. The van der Waals surface area contributed by atoms with Crippen LogP contribution in [0.15, 0.2) is 71.6 Å². The highest BCUT2D eigenvalue weighted by atomic mass is 32.2. The summed E-state index contributed by atoms with van der Waals surface area (Å²) in [6.45, 7) is -1.52. The maximum Gasteiger partial charge on any atom is 0.405 e. The molecule has 0 bridgehead atoms. The first-order valence-electron chi connectivity index (χ1n) is 8.11. The van der Waals surface area contributed by atoms with Crippen molar-refractivity contribution in [3.8, 4) is 0 Å². The van der Waals surface area contributed by atoms with Gasteiger partial charge in [-0.15, -0.1) is 0 Å². The average molecular weight is 408 g/mol. The molecule has 0 aliphatic rings. The van der Waals surface area contributed by atoms with E-state index < -0.39 is 28.7 Å². The van der Waals surface area contributed by atoms with Gasteiger partial charge in [0.05, 0.1) is 16.1 Å². The summed E-state index contributed by atoms with van der Waals surface area (Å²) in [6.07, 6.45) is -4.57. The molecule has 0 atom stereocenters. The van der Waals surface area contributed by atoms with Gasteiger partial charge in [0.25, 0.3) is 15.9 Å². The number of fused-ring (bicyclic) bond motifs is 1. The lowest BCUT2D eigenvalue weighted by Gasteiger charge is -2.14. The average Bonchev–Trinajstić information content (AvgIpc) is 2.65. The zero-order valence-corrected chi connectivity index (χ0v) is 15.1. The van der Waals surface area contributed by atoms with E-state index in [9.17, 15) is 26.4 Å². The Morgan fingerprint density at radius 2 is 1.54 bits per heavy atom. The number of amides is 1. The van der Waals surface area contributed by atoms with Gasteiger partial charge in [-0.3, -0.25) is 9.52 Å². The molecule has 0 saturated carbocycles. The first-order chi connectivity index (χ1) is 13.2. The summed E-state index contributed by atoms with van der Waals surface area (Å²) < 4.78 is 64.7. The summed E-state index contributed by atoms with van der Waals surface area (Å²) in [6, 6.07) is 17.2. The summed E-state index contributed by atoms with van der Waals surface area (Å²) in [5, 5.41) is 3.30. The molecule has 0 spiro atoms. The Kier molecular flexibility index (Phi) is 5.28. The molecule has 1 amide bonds. The van der Waals surface area contributed by atoms with Crippen LogP contribution >= 0.6 is 0 Å². The van der Waals surface area contributed by atoms with Crippen molar-refractivity contribution in [2.75, 3.05) is 11.3 Å².